The van der Waals surface area contributed by atoms with Crippen molar-refractivity contribution in [1.29, 1.82) is 0 Å². The average molecular weight is 264 g/mol. The molecule has 0 aromatic carbocycles. The molecule has 98 valence electrons. The van der Waals surface area contributed by atoms with Gasteiger partial charge < -0.3 is 10.6 Å². The van der Waals surface area contributed by atoms with E-state index < -0.39 is 0 Å². The van der Waals surface area contributed by atoms with Crippen LogP contribution in [0.25, 0.3) is 10.2 Å². The molecule has 0 bridgehead atoms. The molecule has 0 saturated heterocycles. The maximum Gasteiger partial charge on any atom is 0.225 e. The Labute approximate surface area is 112 Å². The van der Waals surface area contributed by atoms with Crippen LogP contribution in [0.2, 0.25) is 0 Å². The molecule has 0 radical (unpaired) electrons. The van der Waals surface area contributed by atoms with Crippen LogP contribution in [0.1, 0.15) is 32.6 Å². The fourth-order valence-corrected chi connectivity index (χ4v) is 2.68. The minimum atomic E-state index is -0.0133. The zero-order valence-corrected chi connectivity index (χ0v) is 12.4. The summed E-state index contributed by atoms with van der Waals surface area (Å²) in [6.45, 7) is 8.56. The molecule has 5 heteroatoms. The van der Waals surface area contributed by atoms with Gasteiger partial charge >= 0.3 is 0 Å². The number of hydrogen-bond acceptors (Lipinski definition) is 5. The number of rotatable bonds is 3. The fraction of sp³-hybridized carbons (Fsp3) is 0.538. The Kier molecular flexibility index (Phi) is 3.43. The minimum Gasteiger partial charge on any atom is -0.365 e. The van der Waals surface area contributed by atoms with Gasteiger partial charge in [-0.15, -0.1) is 11.3 Å². The predicted molar refractivity (Wildman–Crippen MR) is 79.7 cm³/mol. The van der Waals surface area contributed by atoms with Gasteiger partial charge in [0.15, 0.2) is 0 Å². The van der Waals surface area contributed by atoms with Crippen LogP contribution in [0.15, 0.2) is 6.07 Å². The van der Waals surface area contributed by atoms with E-state index in [-0.39, 0.29) is 5.54 Å². The Hall–Kier alpha value is -1.36. The minimum absolute atomic E-state index is 0.0133. The topological polar surface area (TPSA) is 49.8 Å². The van der Waals surface area contributed by atoms with Crippen LogP contribution in [0, 0.1) is 0 Å². The average Bonchev–Trinajstić information content (AvgIpc) is 2.70. The molecule has 2 heterocycles. The van der Waals surface area contributed by atoms with Crippen molar-refractivity contribution in [1.82, 2.24) is 9.97 Å². The van der Waals surface area contributed by atoms with Crippen molar-refractivity contribution in [2.24, 2.45) is 0 Å². The van der Waals surface area contributed by atoms with Crippen molar-refractivity contribution >= 4 is 33.3 Å². The molecule has 0 saturated carbocycles. The second-order valence-electron chi connectivity index (χ2n) is 5.31. The van der Waals surface area contributed by atoms with Gasteiger partial charge in [0.25, 0.3) is 0 Å². The molecule has 0 atom stereocenters. The first-order valence-corrected chi connectivity index (χ1v) is 7.01. The first kappa shape index (κ1) is 13.1. The molecule has 2 aromatic heterocycles. The number of thiophene rings is 1. The standard InChI is InChI=1S/C13H20N4S/c1-6-8-7-9-10(17-13(2,3)4)15-12(14-5)16-11(9)18-8/h7H,6H2,1-5H3,(H2,14,15,16,17). The monoisotopic (exact) mass is 264 g/mol. The highest BCUT2D eigenvalue weighted by molar-refractivity contribution is 7.18. The van der Waals surface area contributed by atoms with Gasteiger partial charge in [-0.2, -0.15) is 4.98 Å². The maximum atomic E-state index is 4.53. The predicted octanol–water partition coefficient (Wildman–Crippen LogP) is 3.51. The van der Waals surface area contributed by atoms with Crippen molar-refractivity contribution in [3.63, 3.8) is 0 Å². The van der Waals surface area contributed by atoms with E-state index >= 15 is 0 Å². The second kappa shape index (κ2) is 4.72. The number of nitrogens with zero attached hydrogens (tertiary/aromatic N) is 2. The maximum absolute atomic E-state index is 4.53. The molecule has 0 fully saturated rings. The quantitative estimate of drug-likeness (QED) is 0.890. The molecule has 2 aromatic rings. The largest absolute Gasteiger partial charge is 0.365 e. The van der Waals surface area contributed by atoms with Crippen molar-refractivity contribution in [3.05, 3.63) is 10.9 Å². The summed E-state index contributed by atoms with van der Waals surface area (Å²) in [5.74, 6) is 1.58. The SMILES string of the molecule is CCc1cc2c(NC(C)(C)C)nc(NC)nc2s1. The van der Waals surface area contributed by atoms with Gasteiger partial charge in [-0.3, -0.25) is 0 Å². The smallest absolute Gasteiger partial charge is 0.225 e. The van der Waals surface area contributed by atoms with Gasteiger partial charge in [-0.25, -0.2) is 4.98 Å². The molecule has 18 heavy (non-hydrogen) atoms. The number of aryl methyl sites for hydroxylation is 1. The van der Waals surface area contributed by atoms with Gasteiger partial charge in [-0.05, 0) is 33.3 Å². The number of aromatic nitrogens is 2. The second-order valence-corrected chi connectivity index (χ2v) is 6.42. The summed E-state index contributed by atoms with van der Waals surface area (Å²) in [5, 5.41) is 7.59. The van der Waals surface area contributed by atoms with Crippen LogP contribution in [0.3, 0.4) is 0 Å². The molecule has 0 aliphatic carbocycles. The summed E-state index contributed by atoms with van der Waals surface area (Å²) in [7, 11) is 1.84. The molecule has 0 aliphatic rings. The van der Waals surface area contributed by atoms with Crippen LogP contribution >= 0.6 is 11.3 Å². The van der Waals surface area contributed by atoms with E-state index in [1.807, 2.05) is 7.05 Å². The van der Waals surface area contributed by atoms with Gasteiger partial charge in [0, 0.05) is 17.5 Å². The summed E-state index contributed by atoms with van der Waals surface area (Å²) < 4.78 is 0. The molecule has 4 nitrogen and oxygen atoms in total. The molecule has 2 rings (SSSR count). The Morgan fingerprint density at radius 1 is 1.28 bits per heavy atom. The van der Waals surface area contributed by atoms with E-state index in [1.54, 1.807) is 11.3 Å². The van der Waals surface area contributed by atoms with Crippen LogP contribution < -0.4 is 10.6 Å². The van der Waals surface area contributed by atoms with Crippen LogP contribution in [-0.2, 0) is 6.42 Å². The zero-order valence-electron chi connectivity index (χ0n) is 11.6. The number of anilines is 2. The van der Waals surface area contributed by atoms with Crippen molar-refractivity contribution in [3.8, 4) is 0 Å². The molecule has 0 amide bonds. The summed E-state index contributed by atoms with van der Waals surface area (Å²) in [6.07, 6.45) is 1.03. The summed E-state index contributed by atoms with van der Waals surface area (Å²) in [5.41, 5.74) is -0.0133. The lowest BCUT2D eigenvalue weighted by Crippen LogP contribution is -2.27. The molecule has 2 N–H and O–H groups in total. The van der Waals surface area contributed by atoms with E-state index in [1.165, 1.54) is 4.88 Å². The van der Waals surface area contributed by atoms with Crippen molar-refractivity contribution in [2.45, 2.75) is 39.7 Å². The number of fused-ring (bicyclic) bond motifs is 1. The Balaban J connectivity index is 2.57. The van der Waals surface area contributed by atoms with E-state index in [9.17, 15) is 0 Å². The Bertz CT molecular complexity index is 554. The lowest BCUT2D eigenvalue weighted by Gasteiger charge is -2.22. The van der Waals surface area contributed by atoms with Crippen LogP contribution in [0.5, 0.6) is 0 Å². The molecule has 0 spiro atoms. The summed E-state index contributed by atoms with van der Waals surface area (Å²) >= 11 is 1.74. The van der Waals surface area contributed by atoms with Crippen molar-refractivity contribution in [2.75, 3.05) is 17.7 Å². The highest BCUT2D eigenvalue weighted by Gasteiger charge is 2.16. The summed E-state index contributed by atoms with van der Waals surface area (Å²) in [4.78, 5) is 11.4. The highest BCUT2D eigenvalue weighted by Crippen LogP contribution is 2.31. The van der Waals surface area contributed by atoms with Gasteiger partial charge in [0.05, 0.1) is 5.39 Å². The lowest BCUT2D eigenvalue weighted by atomic mass is 10.1. The van der Waals surface area contributed by atoms with Gasteiger partial charge in [-0.1, -0.05) is 6.92 Å². The van der Waals surface area contributed by atoms with Gasteiger partial charge in [0.1, 0.15) is 10.6 Å². The molecule has 0 aliphatic heterocycles. The fourth-order valence-electron chi connectivity index (χ4n) is 1.71. The van der Waals surface area contributed by atoms with E-state index in [0.717, 1.165) is 22.5 Å². The third-order valence-corrected chi connectivity index (χ3v) is 3.68. The molecular weight excluding hydrogens is 244 g/mol. The molecular formula is C13H20N4S. The lowest BCUT2D eigenvalue weighted by molar-refractivity contribution is 0.631. The van der Waals surface area contributed by atoms with E-state index in [4.69, 9.17) is 0 Å². The third-order valence-electron chi connectivity index (χ3n) is 2.51. The van der Waals surface area contributed by atoms with Crippen LogP contribution in [-0.4, -0.2) is 22.6 Å². The number of nitrogens with one attached hydrogen (secondary N) is 2. The summed E-state index contributed by atoms with van der Waals surface area (Å²) in [6, 6.07) is 2.19. The molecule has 0 unspecified atom stereocenters. The zero-order chi connectivity index (χ0) is 13.3. The Morgan fingerprint density at radius 2 is 2.00 bits per heavy atom. The number of hydrogen-bond donors (Lipinski definition) is 2. The van der Waals surface area contributed by atoms with Gasteiger partial charge in [0.2, 0.25) is 5.95 Å². The Morgan fingerprint density at radius 3 is 2.56 bits per heavy atom. The highest BCUT2D eigenvalue weighted by atomic mass is 32.1. The normalized spacial score (nSPS) is 11.8. The van der Waals surface area contributed by atoms with E-state index in [2.05, 4.69) is 54.4 Å². The van der Waals surface area contributed by atoms with Crippen molar-refractivity contribution < 1.29 is 0 Å². The van der Waals surface area contributed by atoms with E-state index in [0.29, 0.717) is 5.95 Å². The van der Waals surface area contributed by atoms with Crippen LogP contribution in [0.4, 0.5) is 11.8 Å². The first-order valence-electron chi connectivity index (χ1n) is 6.19. The third kappa shape index (κ3) is 2.72. The first-order chi connectivity index (χ1) is 8.43.